The number of para-hydroxylation sites is 1. The van der Waals surface area contributed by atoms with Crippen molar-refractivity contribution in [3.63, 3.8) is 0 Å². The summed E-state index contributed by atoms with van der Waals surface area (Å²) in [6.07, 6.45) is 2.12. The summed E-state index contributed by atoms with van der Waals surface area (Å²) in [5, 5.41) is 1.26. The molecule has 0 aliphatic rings. The van der Waals surface area contributed by atoms with Gasteiger partial charge < -0.3 is 4.98 Å². The van der Waals surface area contributed by atoms with Crippen LogP contribution in [0.3, 0.4) is 0 Å². The molecule has 2 aromatic carbocycles. The highest BCUT2D eigenvalue weighted by atomic mass is 35.5. The summed E-state index contributed by atoms with van der Waals surface area (Å²) >= 11 is 7.83. The molecule has 0 fully saturated rings. The van der Waals surface area contributed by atoms with E-state index in [9.17, 15) is 0 Å². The van der Waals surface area contributed by atoms with Crippen LogP contribution in [0.25, 0.3) is 10.9 Å². The summed E-state index contributed by atoms with van der Waals surface area (Å²) in [4.78, 5) is 4.65. The van der Waals surface area contributed by atoms with Crippen molar-refractivity contribution in [3.8, 4) is 0 Å². The molecule has 0 bridgehead atoms. The number of rotatable bonds is 3. The molecule has 4 aromatic rings. The molecule has 1 unspecified atom stereocenters. The van der Waals surface area contributed by atoms with Crippen molar-refractivity contribution >= 4 is 33.8 Å². The number of nitrogens with one attached hydrogen (secondary N) is 1. The molecule has 0 saturated carbocycles. The standard InChI is InChI=1S/C19H14ClNS/c20-18-11-10-17(22-18)19(13-6-2-1-3-7-13)15-12-21-16-9-5-4-8-14(15)16/h1-12,19,21H. The van der Waals surface area contributed by atoms with Crippen molar-refractivity contribution in [3.05, 3.63) is 93.3 Å². The molecule has 108 valence electrons. The molecule has 0 aliphatic carbocycles. The van der Waals surface area contributed by atoms with E-state index in [0.29, 0.717) is 0 Å². The van der Waals surface area contributed by atoms with E-state index in [0.717, 1.165) is 4.34 Å². The van der Waals surface area contributed by atoms with Gasteiger partial charge in [0.25, 0.3) is 0 Å². The average molecular weight is 324 g/mol. The highest BCUT2D eigenvalue weighted by Crippen LogP contribution is 2.40. The Hall–Kier alpha value is -2.03. The van der Waals surface area contributed by atoms with Crippen molar-refractivity contribution in [1.82, 2.24) is 4.98 Å². The Morgan fingerprint density at radius 1 is 0.864 bits per heavy atom. The Kier molecular flexibility index (Phi) is 3.49. The first kappa shape index (κ1) is 13.6. The molecule has 22 heavy (non-hydrogen) atoms. The molecule has 1 N–H and O–H groups in total. The maximum atomic E-state index is 6.18. The van der Waals surface area contributed by atoms with E-state index in [1.54, 1.807) is 11.3 Å². The molecule has 2 aromatic heterocycles. The van der Waals surface area contributed by atoms with Gasteiger partial charge in [0.05, 0.1) is 4.34 Å². The molecule has 0 amide bonds. The third kappa shape index (κ3) is 2.35. The van der Waals surface area contributed by atoms with Crippen LogP contribution in [-0.2, 0) is 0 Å². The maximum Gasteiger partial charge on any atom is 0.0931 e. The Labute approximate surface area is 138 Å². The van der Waals surface area contributed by atoms with Crippen molar-refractivity contribution in [2.45, 2.75) is 5.92 Å². The molecular formula is C19H14ClNS. The summed E-state index contributed by atoms with van der Waals surface area (Å²) < 4.78 is 0.829. The minimum absolute atomic E-state index is 0.204. The lowest BCUT2D eigenvalue weighted by Gasteiger charge is -2.15. The Morgan fingerprint density at radius 2 is 1.64 bits per heavy atom. The van der Waals surface area contributed by atoms with Crippen molar-refractivity contribution < 1.29 is 0 Å². The van der Waals surface area contributed by atoms with E-state index in [1.165, 1.54) is 26.9 Å². The Bertz CT molecular complexity index is 907. The highest BCUT2D eigenvalue weighted by Gasteiger charge is 2.21. The fourth-order valence-electron chi connectivity index (χ4n) is 2.96. The molecule has 1 atom stereocenters. The van der Waals surface area contributed by atoms with Crippen molar-refractivity contribution in [1.29, 1.82) is 0 Å². The van der Waals surface area contributed by atoms with Crippen LogP contribution in [-0.4, -0.2) is 4.98 Å². The quantitative estimate of drug-likeness (QED) is 0.471. The van der Waals surface area contributed by atoms with Crippen LogP contribution in [0, 0.1) is 0 Å². The summed E-state index contributed by atoms with van der Waals surface area (Å²) in [6, 6.07) is 23.1. The fourth-order valence-corrected chi connectivity index (χ4v) is 4.17. The number of aromatic nitrogens is 1. The van der Waals surface area contributed by atoms with Gasteiger partial charge in [-0.15, -0.1) is 11.3 Å². The lowest BCUT2D eigenvalue weighted by molar-refractivity contribution is 1.02. The van der Waals surface area contributed by atoms with Crippen LogP contribution in [0.15, 0.2) is 72.9 Å². The molecule has 3 heteroatoms. The normalized spacial score (nSPS) is 12.6. The number of hydrogen-bond donors (Lipinski definition) is 1. The molecular weight excluding hydrogens is 310 g/mol. The highest BCUT2D eigenvalue weighted by molar-refractivity contribution is 7.16. The predicted molar refractivity (Wildman–Crippen MR) is 95.0 cm³/mol. The van der Waals surface area contributed by atoms with Gasteiger partial charge in [0.1, 0.15) is 0 Å². The van der Waals surface area contributed by atoms with Crippen molar-refractivity contribution in [2.75, 3.05) is 0 Å². The van der Waals surface area contributed by atoms with E-state index >= 15 is 0 Å². The van der Waals surface area contributed by atoms with Crippen molar-refractivity contribution in [2.24, 2.45) is 0 Å². The van der Waals surface area contributed by atoms with Crippen LogP contribution in [0.4, 0.5) is 0 Å². The lowest BCUT2D eigenvalue weighted by Crippen LogP contribution is -2.00. The molecule has 0 spiro atoms. The predicted octanol–water partition coefficient (Wildman–Crippen LogP) is 6.06. The van der Waals surface area contributed by atoms with Crippen LogP contribution in [0.5, 0.6) is 0 Å². The van der Waals surface area contributed by atoms with E-state index in [2.05, 4.69) is 71.8 Å². The summed E-state index contributed by atoms with van der Waals surface area (Å²) in [6.45, 7) is 0. The SMILES string of the molecule is Clc1ccc(C(c2ccccc2)c2c[nH]c3ccccc23)s1. The summed E-state index contributed by atoms with van der Waals surface area (Å²) in [5.41, 5.74) is 3.74. The zero-order chi connectivity index (χ0) is 14.9. The van der Waals surface area contributed by atoms with Gasteiger partial charge in [-0.2, -0.15) is 0 Å². The second-order valence-electron chi connectivity index (χ2n) is 5.28. The second-order valence-corrected chi connectivity index (χ2v) is 7.02. The number of hydrogen-bond acceptors (Lipinski definition) is 1. The van der Waals surface area contributed by atoms with Gasteiger partial charge in [-0.1, -0.05) is 60.1 Å². The van der Waals surface area contributed by atoms with Gasteiger partial charge in [0, 0.05) is 27.9 Å². The first-order chi connectivity index (χ1) is 10.8. The number of thiophene rings is 1. The number of fused-ring (bicyclic) bond motifs is 1. The third-order valence-corrected chi connectivity index (χ3v) is 5.24. The van der Waals surface area contributed by atoms with Gasteiger partial charge in [-0.25, -0.2) is 0 Å². The second kappa shape index (κ2) is 5.64. The minimum atomic E-state index is 0.204. The average Bonchev–Trinajstić information content (AvgIpc) is 3.16. The Balaban J connectivity index is 1.94. The van der Waals surface area contributed by atoms with Crippen LogP contribution >= 0.6 is 22.9 Å². The lowest BCUT2D eigenvalue weighted by atomic mass is 9.90. The van der Waals surface area contributed by atoms with E-state index < -0.39 is 0 Å². The molecule has 0 aliphatic heterocycles. The zero-order valence-electron chi connectivity index (χ0n) is 11.8. The smallest absolute Gasteiger partial charge is 0.0931 e. The molecule has 0 saturated heterocycles. The molecule has 0 radical (unpaired) electrons. The molecule has 1 nitrogen and oxygen atoms in total. The van der Waals surface area contributed by atoms with Crippen LogP contribution in [0.2, 0.25) is 4.34 Å². The number of halogens is 1. The largest absolute Gasteiger partial charge is 0.361 e. The van der Waals surface area contributed by atoms with Gasteiger partial charge in [-0.3, -0.25) is 0 Å². The van der Waals surface area contributed by atoms with Crippen LogP contribution < -0.4 is 0 Å². The topological polar surface area (TPSA) is 15.8 Å². The first-order valence-corrected chi connectivity index (χ1v) is 8.38. The van der Waals surface area contributed by atoms with Gasteiger partial charge in [-0.05, 0) is 29.3 Å². The summed E-state index contributed by atoms with van der Waals surface area (Å²) in [7, 11) is 0. The fraction of sp³-hybridized carbons (Fsp3) is 0.0526. The van der Waals surface area contributed by atoms with E-state index in [4.69, 9.17) is 11.6 Å². The number of H-pyrrole nitrogens is 1. The first-order valence-electron chi connectivity index (χ1n) is 7.19. The van der Waals surface area contributed by atoms with Gasteiger partial charge in [0.2, 0.25) is 0 Å². The van der Waals surface area contributed by atoms with E-state index in [-0.39, 0.29) is 5.92 Å². The van der Waals surface area contributed by atoms with Crippen LogP contribution in [0.1, 0.15) is 21.9 Å². The minimum Gasteiger partial charge on any atom is -0.361 e. The Morgan fingerprint density at radius 3 is 2.41 bits per heavy atom. The molecule has 2 heterocycles. The number of aromatic amines is 1. The maximum absolute atomic E-state index is 6.18. The third-order valence-electron chi connectivity index (χ3n) is 3.94. The monoisotopic (exact) mass is 323 g/mol. The van der Waals surface area contributed by atoms with Gasteiger partial charge in [0.15, 0.2) is 0 Å². The van der Waals surface area contributed by atoms with Gasteiger partial charge >= 0.3 is 0 Å². The summed E-state index contributed by atoms with van der Waals surface area (Å²) in [5.74, 6) is 0.204. The molecule has 4 rings (SSSR count). The van der Waals surface area contributed by atoms with E-state index in [1.807, 2.05) is 6.07 Å². The number of benzene rings is 2. The zero-order valence-corrected chi connectivity index (χ0v) is 13.4.